The molecule has 0 unspecified atom stereocenters. The molecular weight excluding hydrogens is 234 g/mol. The average molecular weight is 253 g/mol. The van der Waals surface area contributed by atoms with Crippen LogP contribution in [0.3, 0.4) is 0 Å². The Bertz CT molecular complexity index is 429. The number of rotatable bonds is 8. The van der Waals surface area contributed by atoms with E-state index >= 15 is 0 Å². The fourth-order valence-corrected chi connectivity index (χ4v) is 1.62. The number of aromatic amines is 1. The molecule has 0 atom stereocenters. The van der Waals surface area contributed by atoms with Gasteiger partial charge >= 0.3 is 0 Å². The molecule has 1 aromatic rings. The van der Waals surface area contributed by atoms with Gasteiger partial charge < -0.3 is 19.8 Å². The number of aromatic nitrogens is 2. The number of ether oxygens (including phenoxy) is 2. The van der Waals surface area contributed by atoms with E-state index < -0.39 is 0 Å². The third-order valence-electron chi connectivity index (χ3n) is 2.82. The third kappa shape index (κ3) is 3.73. The highest BCUT2D eigenvalue weighted by Crippen LogP contribution is 2.28. The van der Waals surface area contributed by atoms with Crippen molar-refractivity contribution in [1.82, 2.24) is 9.97 Å². The smallest absolute Gasteiger partial charge is 0.295 e. The molecule has 100 valence electrons. The summed E-state index contributed by atoms with van der Waals surface area (Å²) >= 11 is 0. The molecule has 0 aromatic carbocycles. The average Bonchev–Trinajstić information content (AvgIpc) is 3.18. The van der Waals surface area contributed by atoms with Crippen LogP contribution in [0.4, 0.5) is 5.82 Å². The molecule has 1 saturated carbocycles. The Morgan fingerprint density at radius 2 is 2.39 bits per heavy atom. The summed E-state index contributed by atoms with van der Waals surface area (Å²) in [6.07, 6.45) is 4.86. The van der Waals surface area contributed by atoms with Gasteiger partial charge in [0, 0.05) is 19.8 Å². The van der Waals surface area contributed by atoms with Crippen LogP contribution < -0.4 is 15.6 Å². The standard InChI is InChI=1S/C12H19N3O3/c1-17-10-11(14-8-15-12(10)16)13-5-2-6-18-7-9-3-4-9/h8-9H,2-7H2,1H3,(H2,13,14,15,16). The van der Waals surface area contributed by atoms with Gasteiger partial charge in [0.2, 0.25) is 5.75 Å². The van der Waals surface area contributed by atoms with Gasteiger partial charge in [0.05, 0.1) is 13.4 Å². The lowest BCUT2D eigenvalue weighted by atomic mass is 10.4. The van der Waals surface area contributed by atoms with E-state index in [-0.39, 0.29) is 11.3 Å². The van der Waals surface area contributed by atoms with Gasteiger partial charge in [0.15, 0.2) is 5.82 Å². The van der Waals surface area contributed by atoms with Crippen LogP contribution in [-0.4, -0.2) is 36.8 Å². The molecule has 1 fully saturated rings. The van der Waals surface area contributed by atoms with Crippen LogP contribution in [0, 0.1) is 5.92 Å². The molecule has 18 heavy (non-hydrogen) atoms. The maximum absolute atomic E-state index is 11.4. The summed E-state index contributed by atoms with van der Waals surface area (Å²) in [6, 6.07) is 0. The Labute approximate surface area is 106 Å². The maximum Gasteiger partial charge on any atom is 0.295 e. The van der Waals surface area contributed by atoms with Crippen molar-refractivity contribution < 1.29 is 9.47 Å². The van der Waals surface area contributed by atoms with E-state index in [1.54, 1.807) is 0 Å². The molecule has 1 heterocycles. The molecule has 1 aromatic heterocycles. The molecule has 2 rings (SSSR count). The minimum absolute atomic E-state index is 0.219. The number of nitrogens with one attached hydrogen (secondary N) is 2. The first kappa shape index (κ1) is 12.9. The Morgan fingerprint density at radius 1 is 1.56 bits per heavy atom. The van der Waals surface area contributed by atoms with E-state index in [1.807, 2.05) is 0 Å². The van der Waals surface area contributed by atoms with Crippen LogP contribution >= 0.6 is 0 Å². The molecule has 0 spiro atoms. The SMILES string of the molecule is COc1c(NCCCOCC2CC2)nc[nH]c1=O. The van der Waals surface area contributed by atoms with Crippen molar-refractivity contribution in [2.24, 2.45) is 5.92 Å². The maximum atomic E-state index is 11.4. The van der Waals surface area contributed by atoms with E-state index in [0.717, 1.165) is 25.6 Å². The van der Waals surface area contributed by atoms with E-state index in [2.05, 4.69) is 15.3 Å². The van der Waals surface area contributed by atoms with Crippen LogP contribution in [0.15, 0.2) is 11.1 Å². The summed E-state index contributed by atoms with van der Waals surface area (Å²) in [6.45, 7) is 2.32. The van der Waals surface area contributed by atoms with Crippen LogP contribution in [0.1, 0.15) is 19.3 Å². The highest BCUT2D eigenvalue weighted by Gasteiger charge is 2.20. The number of H-pyrrole nitrogens is 1. The molecule has 1 aliphatic carbocycles. The number of hydrogen-bond acceptors (Lipinski definition) is 5. The van der Waals surface area contributed by atoms with E-state index in [9.17, 15) is 4.79 Å². The second kappa shape index (κ2) is 6.39. The minimum atomic E-state index is -0.278. The molecule has 0 aliphatic heterocycles. The Morgan fingerprint density at radius 3 is 3.11 bits per heavy atom. The Balaban J connectivity index is 1.68. The summed E-state index contributed by atoms with van der Waals surface area (Å²) in [5.41, 5.74) is -0.278. The number of anilines is 1. The van der Waals surface area contributed by atoms with Crippen molar-refractivity contribution in [3.05, 3.63) is 16.7 Å². The zero-order chi connectivity index (χ0) is 12.8. The quantitative estimate of drug-likeness (QED) is 0.676. The van der Waals surface area contributed by atoms with Crippen molar-refractivity contribution in [3.63, 3.8) is 0 Å². The van der Waals surface area contributed by atoms with E-state index in [4.69, 9.17) is 9.47 Å². The summed E-state index contributed by atoms with van der Waals surface area (Å²) in [5.74, 6) is 1.49. The van der Waals surface area contributed by atoms with Gasteiger partial charge in [-0.25, -0.2) is 4.98 Å². The second-order valence-corrected chi connectivity index (χ2v) is 4.41. The predicted octanol–water partition coefficient (Wildman–Crippen LogP) is 1.01. The zero-order valence-electron chi connectivity index (χ0n) is 10.6. The normalized spacial score (nSPS) is 14.5. The van der Waals surface area contributed by atoms with Gasteiger partial charge in [-0.3, -0.25) is 4.79 Å². The monoisotopic (exact) mass is 253 g/mol. The molecular formula is C12H19N3O3. The molecule has 0 bridgehead atoms. The minimum Gasteiger partial charge on any atom is -0.489 e. The summed E-state index contributed by atoms with van der Waals surface area (Å²) in [5, 5.41) is 3.07. The van der Waals surface area contributed by atoms with Crippen LogP contribution in [0.25, 0.3) is 0 Å². The predicted molar refractivity (Wildman–Crippen MR) is 68.1 cm³/mol. The van der Waals surface area contributed by atoms with Gasteiger partial charge in [0.25, 0.3) is 5.56 Å². The molecule has 6 nitrogen and oxygen atoms in total. The Kier molecular flexibility index (Phi) is 4.58. The van der Waals surface area contributed by atoms with Crippen molar-refractivity contribution in [2.45, 2.75) is 19.3 Å². The molecule has 1 aliphatic rings. The summed E-state index contributed by atoms with van der Waals surface area (Å²) < 4.78 is 10.5. The van der Waals surface area contributed by atoms with Crippen LogP contribution in [-0.2, 0) is 4.74 Å². The van der Waals surface area contributed by atoms with Gasteiger partial charge in [-0.1, -0.05) is 0 Å². The lowest BCUT2D eigenvalue weighted by molar-refractivity contribution is 0.124. The highest BCUT2D eigenvalue weighted by molar-refractivity contribution is 5.47. The molecule has 0 saturated heterocycles. The first-order valence-electron chi connectivity index (χ1n) is 6.24. The van der Waals surface area contributed by atoms with Crippen LogP contribution in [0.5, 0.6) is 5.75 Å². The number of nitrogens with zero attached hydrogens (tertiary/aromatic N) is 1. The Hall–Kier alpha value is -1.56. The van der Waals surface area contributed by atoms with Crippen molar-refractivity contribution in [3.8, 4) is 5.75 Å². The largest absolute Gasteiger partial charge is 0.489 e. The number of methoxy groups -OCH3 is 1. The van der Waals surface area contributed by atoms with Crippen molar-refractivity contribution >= 4 is 5.82 Å². The van der Waals surface area contributed by atoms with Crippen molar-refractivity contribution in [2.75, 3.05) is 32.2 Å². The fraction of sp³-hybridized carbons (Fsp3) is 0.667. The topological polar surface area (TPSA) is 76.2 Å². The third-order valence-corrected chi connectivity index (χ3v) is 2.82. The van der Waals surface area contributed by atoms with Gasteiger partial charge in [0.1, 0.15) is 0 Å². The van der Waals surface area contributed by atoms with Gasteiger partial charge in [-0.15, -0.1) is 0 Å². The first-order chi connectivity index (χ1) is 8.81. The van der Waals surface area contributed by atoms with Gasteiger partial charge in [-0.2, -0.15) is 0 Å². The zero-order valence-corrected chi connectivity index (χ0v) is 10.6. The summed E-state index contributed by atoms with van der Waals surface area (Å²) in [4.78, 5) is 17.9. The molecule has 0 radical (unpaired) electrons. The lowest BCUT2D eigenvalue weighted by Crippen LogP contribution is -2.15. The molecule has 2 N–H and O–H groups in total. The summed E-state index contributed by atoms with van der Waals surface area (Å²) in [7, 11) is 1.45. The van der Waals surface area contributed by atoms with Gasteiger partial charge in [-0.05, 0) is 25.2 Å². The van der Waals surface area contributed by atoms with Crippen molar-refractivity contribution in [1.29, 1.82) is 0 Å². The van der Waals surface area contributed by atoms with E-state index in [1.165, 1.54) is 26.3 Å². The van der Waals surface area contributed by atoms with E-state index in [0.29, 0.717) is 12.4 Å². The first-order valence-corrected chi connectivity index (χ1v) is 6.24. The number of hydrogen-bond donors (Lipinski definition) is 2. The van der Waals surface area contributed by atoms with Crippen LogP contribution in [0.2, 0.25) is 0 Å². The lowest BCUT2D eigenvalue weighted by Gasteiger charge is -2.08. The molecule has 0 amide bonds. The second-order valence-electron chi connectivity index (χ2n) is 4.41. The molecule has 6 heteroatoms. The fourth-order valence-electron chi connectivity index (χ4n) is 1.62. The highest BCUT2D eigenvalue weighted by atomic mass is 16.5.